The van der Waals surface area contributed by atoms with Crippen LogP contribution in [0, 0.1) is 5.92 Å². The molecule has 0 aromatic carbocycles. The van der Waals surface area contributed by atoms with Gasteiger partial charge in [-0.05, 0) is 19.8 Å². The number of aryl methyl sites for hydroxylation is 1. The van der Waals surface area contributed by atoms with Crippen molar-refractivity contribution in [3.05, 3.63) is 12.3 Å². The molecule has 0 aliphatic heterocycles. The van der Waals surface area contributed by atoms with E-state index in [1.165, 1.54) is 10.9 Å². The normalized spacial score (nSPS) is 24.7. The summed E-state index contributed by atoms with van der Waals surface area (Å²) in [5, 5.41) is 6.96. The van der Waals surface area contributed by atoms with Crippen molar-refractivity contribution in [2.75, 3.05) is 17.3 Å². The molecular weight excluding hydrogens is 340 g/mol. The lowest BCUT2D eigenvalue weighted by Crippen LogP contribution is -2.51. The number of amides is 1. The van der Waals surface area contributed by atoms with E-state index in [4.69, 9.17) is 5.73 Å². The fourth-order valence-corrected chi connectivity index (χ4v) is 3.33. The minimum absolute atomic E-state index is 0. The summed E-state index contributed by atoms with van der Waals surface area (Å²) in [7, 11) is -3.03. The van der Waals surface area contributed by atoms with Gasteiger partial charge in [0.1, 0.15) is 9.84 Å². The van der Waals surface area contributed by atoms with E-state index in [0.29, 0.717) is 5.82 Å². The van der Waals surface area contributed by atoms with Crippen LogP contribution in [0.25, 0.3) is 0 Å². The van der Waals surface area contributed by atoms with E-state index in [1.807, 2.05) is 6.92 Å². The number of carbonyl (C=O) groups is 1. The van der Waals surface area contributed by atoms with Crippen molar-refractivity contribution >= 4 is 34.0 Å². The summed E-state index contributed by atoms with van der Waals surface area (Å²) < 4.78 is 23.8. The molecule has 1 saturated carbocycles. The second-order valence-corrected chi connectivity index (χ2v) is 8.65. The van der Waals surface area contributed by atoms with Gasteiger partial charge in [0.25, 0.3) is 0 Å². The first-order valence-corrected chi connectivity index (χ1v) is 9.54. The van der Waals surface area contributed by atoms with Gasteiger partial charge in [-0.15, -0.1) is 12.4 Å². The molecule has 2 atom stereocenters. The Kier molecular flexibility index (Phi) is 6.61. The van der Waals surface area contributed by atoms with Gasteiger partial charge in [0.15, 0.2) is 5.82 Å². The largest absolute Gasteiger partial charge is 0.325 e. The Labute approximate surface area is 143 Å². The third-order valence-electron chi connectivity index (χ3n) is 4.15. The van der Waals surface area contributed by atoms with Crippen LogP contribution >= 0.6 is 12.4 Å². The topological polar surface area (TPSA) is 107 Å². The molecule has 1 amide bonds. The fourth-order valence-electron chi connectivity index (χ4n) is 2.81. The van der Waals surface area contributed by atoms with Crippen LogP contribution in [0.1, 0.15) is 32.6 Å². The molecule has 0 spiro atoms. The van der Waals surface area contributed by atoms with Crippen molar-refractivity contribution in [3.8, 4) is 0 Å². The first-order chi connectivity index (χ1) is 10.2. The zero-order chi connectivity index (χ0) is 16.4. The first-order valence-electron chi connectivity index (χ1n) is 7.48. The lowest BCUT2D eigenvalue weighted by Gasteiger charge is -2.37. The first kappa shape index (κ1) is 19.9. The van der Waals surface area contributed by atoms with Gasteiger partial charge in [0.2, 0.25) is 5.91 Å². The molecule has 0 saturated heterocycles. The quantitative estimate of drug-likeness (QED) is 0.816. The van der Waals surface area contributed by atoms with Crippen LogP contribution in [-0.4, -0.2) is 41.7 Å². The van der Waals surface area contributed by atoms with Crippen molar-refractivity contribution < 1.29 is 13.2 Å². The Morgan fingerprint density at radius 2 is 2.22 bits per heavy atom. The number of nitrogens with one attached hydrogen (secondary N) is 1. The van der Waals surface area contributed by atoms with Gasteiger partial charge in [-0.3, -0.25) is 9.48 Å². The average molecular weight is 365 g/mol. The van der Waals surface area contributed by atoms with Crippen LogP contribution < -0.4 is 11.1 Å². The van der Waals surface area contributed by atoms with Crippen molar-refractivity contribution in [1.82, 2.24) is 9.78 Å². The van der Waals surface area contributed by atoms with Crippen LogP contribution in [0.15, 0.2) is 12.3 Å². The fraction of sp³-hybridized carbons (Fsp3) is 0.714. The Hall–Kier alpha value is -1.12. The van der Waals surface area contributed by atoms with Gasteiger partial charge in [0, 0.05) is 24.1 Å². The Morgan fingerprint density at radius 3 is 2.83 bits per heavy atom. The SMILES string of the molecule is CC1(N)CCCCC1C(=O)Nc1ccn(CCS(C)(=O)=O)n1.Cl. The molecular formula is C14H25ClN4O3S. The standard InChI is InChI=1S/C14H24N4O3S.ClH/c1-14(15)7-4-3-5-11(14)13(19)16-12-6-8-18(17-12)9-10-22(2,20)21;/h6,8,11H,3-5,7,9-10,15H2,1-2H3,(H,16,17,19);1H. The number of carbonyl (C=O) groups excluding carboxylic acids is 1. The van der Waals surface area contributed by atoms with Gasteiger partial charge in [0.05, 0.1) is 18.2 Å². The number of halogens is 1. The molecule has 1 fully saturated rings. The highest BCUT2D eigenvalue weighted by Gasteiger charge is 2.37. The summed E-state index contributed by atoms with van der Waals surface area (Å²) in [6.07, 6.45) is 6.53. The van der Waals surface area contributed by atoms with Crippen LogP contribution in [0.4, 0.5) is 5.82 Å². The molecule has 1 aromatic rings. The number of nitrogens with zero attached hydrogens (tertiary/aromatic N) is 2. The zero-order valence-electron chi connectivity index (χ0n) is 13.5. The highest BCUT2D eigenvalue weighted by Crippen LogP contribution is 2.32. The summed E-state index contributed by atoms with van der Waals surface area (Å²) >= 11 is 0. The molecule has 2 rings (SSSR count). The summed E-state index contributed by atoms with van der Waals surface area (Å²) in [5.41, 5.74) is 5.74. The van der Waals surface area contributed by atoms with Gasteiger partial charge < -0.3 is 11.1 Å². The number of sulfone groups is 1. The van der Waals surface area contributed by atoms with E-state index < -0.39 is 15.4 Å². The molecule has 1 aromatic heterocycles. The summed E-state index contributed by atoms with van der Waals surface area (Å²) in [4.78, 5) is 12.4. The van der Waals surface area contributed by atoms with Gasteiger partial charge in [-0.2, -0.15) is 5.10 Å². The number of hydrogen-bond acceptors (Lipinski definition) is 5. The molecule has 3 N–H and O–H groups in total. The molecule has 132 valence electrons. The van der Waals surface area contributed by atoms with E-state index in [0.717, 1.165) is 25.7 Å². The Bertz CT molecular complexity index is 642. The smallest absolute Gasteiger partial charge is 0.230 e. The maximum absolute atomic E-state index is 12.4. The van der Waals surface area contributed by atoms with Gasteiger partial charge in [-0.1, -0.05) is 12.8 Å². The maximum Gasteiger partial charge on any atom is 0.230 e. The summed E-state index contributed by atoms with van der Waals surface area (Å²) in [5.74, 6) is 0.117. The minimum atomic E-state index is -3.03. The molecule has 0 bridgehead atoms. The summed E-state index contributed by atoms with van der Waals surface area (Å²) in [6, 6.07) is 1.66. The van der Waals surface area contributed by atoms with Crippen molar-refractivity contribution in [3.63, 3.8) is 0 Å². The lowest BCUT2D eigenvalue weighted by atomic mass is 9.74. The molecule has 1 heterocycles. The monoisotopic (exact) mass is 364 g/mol. The van der Waals surface area contributed by atoms with Crippen LogP contribution in [0.3, 0.4) is 0 Å². The molecule has 1 aliphatic rings. The molecule has 9 heteroatoms. The Morgan fingerprint density at radius 1 is 1.52 bits per heavy atom. The Balaban J connectivity index is 0.00000264. The van der Waals surface area contributed by atoms with Crippen molar-refractivity contribution in [2.45, 2.75) is 44.7 Å². The number of hydrogen-bond donors (Lipinski definition) is 2. The lowest BCUT2D eigenvalue weighted by molar-refractivity contribution is -0.122. The van der Waals surface area contributed by atoms with E-state index in [9.17, 15) is 13.2 Å². The number of rotatable bonds is 5. The van der Waals surface area contributed by atoms with E-state index >= 15 is 0 Å². The highest BCUT2D eigenvalue weighted by atomic mass is 35.5. The molecule has 1 aliphatic carbocycles. The second-order valence-electron chi connectivity index (χ2n) is 6.39. The molecule has 23 heavy (non-hydrogen) atoms. The van der Waals surface area contributed by atoms with Crippen molar-refractivity contribution in [2.24, 2.45) is 11.7 Å². The minimum Gasteiger partial charge on any atom is -0.325 e. The zero-order valence-corrected chi connectivity index (χ0v) is 15.1. The second kappa shape index (κ2) is 7.63. The van der Waals surface area contributed by atoms with Gasteiger partial charge in [-0.25, -0.2) is 8.42 Å². The van der Waals surface area contributed by atoms with E-state index in [1.54, 1.807) is 12.3 Å². The average Bonchev–Trinajstić information content (AvgIpc) is 2.82. The van der Waals surface area contributed by atoms with Crippen LogP contribution in [0.5, 0.6) is 0 Å². The number of nitrogens with two attached hydrogens (primary N) is 1. The predicted octanol–water partition coefficient (Wildman–Crippen LogP) is 1.20. The molecule has 0 radical (unpaired) electrons. The maximum atomic E-state index is 12.4. The molecule has 7 nitrogen and oxygen atoms in total. The van der Waals surface area contributed by atoms with Crippen molar-refractivity contribution in [1.29, 1.82) is 0 Å². The van der Waals surface area contributed by atoms with Crippen LogP contribution in [-0.2, 0) is 21.2 Å². The third-order valence-corrected chi connectivity index (χ3v) is 5.08. The predicted molar refractivity (Wildman–Crippen MR) is 92.4 cm³/mol. The van der Waals surface area contributed by atoms with E-state index in [2.05, 4.69) is 10.4 Å². The van der Waals surface area contributed by atoms with Crippen LogP contribution in [0.2, 0.25) is 0 Å². The van der Waals surface area contributed by atoms with E-state index in [-0.39, 0.29) is 36.5 Å². The summed E-state index contributed by atoms with van der Waals surface area (Å²) in [6.45, 7) is 2.19. The highest BCUT2D eigenvalue weighted by molar-refractivity contribution is 7.90. The number of aromatic nitrogens is 2. The number of anilines is 1. The molecule has 2 unspecified atom stereocenters. The third kappa shape index (κ3) is 5.78. The van der Waals surface area contributed by atoms with Gasteiger partial charge >= 0.3 is 0 Å².